The molecule has 1 aromatic heterocycles. The maximum Gasteiger partial charge on any atom is 0.328 e. The number of aromatic nitrogens is 2. The fraction of sp³-hybridized carbons (Fsp3) is 0.333. The third-order valence-corrected chi connectivity index (χ3v) is 2.23. The van der Waals surface area contributed by atoms with Crippen LogP contribution in [0, 0.1) is 0 Å². The normalized spacial score (nSPS) is 9.93. The van der Waals surface area contributed by atoms with Crippen molar-refractivity contribution in [1.29, 1.82) is 0 Å². The molecule has 0 saturated heterocycles. The monoisotopic (exact) mass is 258 g/mol. The summed E-state index contributed by atoms with van der Waals surface area (Å²) in [5.74, 6) is 0. The molecule has 0 aromatic carbocycles. The first-order valence-corrected chi connectivity index (χ1v) is 4.92. The molecular formula is C9H11BrN2O2. The molecule has 0 aliphatic carbocycles. The van der Waals surface area contributed by atoms with E-state index in [4.69, 9.17) is 0 Å². The summed E-state index contributed by atoms with van der Waals surface area (Å²) in [6, 6.07) is 0. The number of nitrogens with zero attached hydrogens (tertiary/aromatic N) is 1. The standard InChI is InChI=1S/C9H11BrN2O2/c1-6(2)3-4-12-5-7(10)8(13)11-9(12)14/h3,5H,4H2,1-2H3,(H,11,13,14). The summed E-state index contributed by atoms with van der Waals surface area (Å²) in [6.45, 7) is 4.37. The van der Waals surface area contributed by atoms with Crippen molar-refractivity contribution in [1.82, 2.24) is 9.55 Å². The third-order valence-electron chi connectivity index (χ3n) is 1.66. The van der Waals surface area contributed by atoms with Gasteiger partial charge in [-0.1, -0.05) is 11.6 Å². The Morgan fingerprint density at radius 1 is 1.57 bits per heavy atom. The molecule has 1 aromatic rings. The molecule has 0 bridgehead atoms. The lowest BCUT2D eigenvalue weighted by molar-refractivity contribution is 0.727. The highest BCUT2D eigenvalue weighted by atomic mass is 79.9. The largest absolute Gasteiger partial charge is 0.328 e. The van der Waals surface area contributed by atoms with Gasteiger partial charge in [-0.3, -0.25) is 14.3 Å². The topological polar surface area (TPSA) is 54.9 Å². The second-order valence-corrected chi connectivity index (χ2v) is 4.02. The molecule has 1 rings (SSSR count). The quantitative estimate of drug-likeness (QED) is 0.813. The van der Waals surface area contributed by atoms with Crippen molar-refractivity contribution < 1.29 is 0 Å². The molecule has 0 spiro atoms. The van der Waals surface area contributed by atoms with Crippen molar-refractivity contribution in [3.05, 3.63) is 43.2 Å². The summed E-state index contributed by atoms with van der Waals surface area (Å²) in [6.07, 6.45) is 3.40. The van der Waals surface area contributed by atoms with Gasteiger partial charge in [-0.15, -0.1) is 0 Å². The maximum atomic E-state index is 11.3. The Hall–Kier alpha value is -1.10. The zero-order valence-corrected chi connectivity index (χ0v) is 9.59. The van der Waals surface area contributed by atoms with Gasteiger partial charge in [0.05, 0.1) is 4.47 Å². The second-order valence-electron chi connectivity index (χ2n) is 3.17. The molecule has 1 N–H and O–H groups in total. The zero-order valence-electron chi connectivity index (χ0n) is 8.00. The Bertz CT molecular complexity index is 466. The number of H-pyrrole nitrogens is 1. The molecule has 5 heteroatoms. The number of halogens is 1. The van der Waals surface area contributed by atoms with Crippen LogP contribution in [0.1, 0.15) is 13.8 Å². The molecule has 0 aliphatic heterocycles. The highest BCUT2D eigenvalue weighted by molar-refractivity contribution is 9.10. The van der Waals surface area contributed by atoms with E-state index in [1.54, 1.807) is 0 Å². The average molecular weight is 259 g/mol. The third kappa shape index (κ3) is 2.70. The van der Waals surface area contributed by atoms with Crippen LogP contribution in [0.2, 0.25) is 0 Å². The van der Waals surface area contributed by atoms with Crippen LogP contribution in [0.15, 0.2) is 31.9 Å². The van der Waals surface area contributed by atoms with Gasteiger partial charge in [-0.05, 0) is 29.8 Å². The molecule has 0 unspecified atom stereocenters. The van der Waals surface area contributed by atoms with Gasteiger partial charge in [0.2, 0.25) is 0 Å². The number of allylic oxidation sites excluding steroid dienone is 2. The predicted molar refractivity (Wildman–Crippen MR) is 58.5 cm³/mol. The van der Waals surface area contributed by atoms with E-state index in [2.05, 4.69) is 20.9 Å². The minimum absolute atomic E-state index is 0.360. The number of hydrogen-bond donors (Lipinski definition) is 1. The van der Waals surface area contributed by atoms with Crippen molar-refractivity contribution in [3.8, 4) is 0 Å². The van der Waals surface area contributed by atoms with Crippen molar-refractivity contribution >= 4 is 15.9 Å². The van der Waals surface area contributed by atoms with Crippen LogP contribution in [0.3, 0.4) is 0 Å². The molecule has 14 heavy (non-hydrogen) atoms. The Morgan fingerprint density at radius 2 is 2.21 bits per heavy atom. The Balaban J connectivity index is 3.11. The molecule has 0 atom stereocenters. The van der Waals surface area contributed by atoms with E-state index in [-0.39, 0.29) is 0 Å². The Kier molecular flexibility index (Phi) is 3.46. The van der Waals surface area contributed by atoms with Gasteiger partial charge in [0, 0.05) is 12.7 Å². The van der Waals surface area contributed by atoms with Crippen LogP contribution in [-0.2, 0) is 6.54 Å². The van der Waals surface area contributed by atoms with Crippen LogP contribution < -0.4 is 11.2 Å². The van der Waals surface area contributed by atoms with Gasteiger partial charge < -0.3 is 0 Å². The van der Waals surface area contributed by atoms with Gasteiger partial charge >= 0.3 is 5.69 Å². The molecule has 1 heterocycles. The summed E-state index contributed by atoms with van der Waals surface area (Å²) < 4.78 is 1.79. The number of aromatic amines is 1. The molecule has 0 radical (unpaired) electrons. The first-order chi connectivity index (χ1) is 6.50. The molecule has 0 saturated carbocycles. The average Bonchev–Trinajstić information content (AvgIpc) is 2.09. The predicted octanol–water partition coefficient (Wildman–Crippen LogP) is 1.27. The van der Waals surface area contributed by atoms with E-state index in [1.165, 1.54) is 10.8 Å². The number of nitrogens with one attached hydrogen (secondary N) is 1. The molecule has 4 nitrogen and oxygen atoms in total. The van der Waals surface area contributed by atoms with Crippen molar-refractivity contribution in [2.75, 3.05) is 0 Å². The molecule has 0 fully saturated rings. The smallest absolute Gasteiger partial charge is 0.296 e. The van der Waals surface area contributed by atoms with E-state index < -0.39 is 11.2 Å². The van der Waals surface area contributed by atoms with Gasteiger partial charge in [0.15, 0.2) is 0 Å². The highest BCUT2D eigenvalue weighted by Crippen LogP contribution is 1.98. The first-order valence-electron chi connectivity index (χ1n) is 4.13. The Morgan fingerprint density at radius 3 is 2.79 bits per heavy atom. The molecule has 76 valence electrons. The lowest BCUT2D eigenvalue weighted by atomic mass is 10.3. The van der Waals surface area contributed by atoms with E-state index in [9.17, 15) is 9.59 Å². The van der Waals surface area contributed by atoms with Crippen molar-refractivity contribution in [2.45, 2.75) is 20.4 Å². The van der Waals surface area contributed by atoms with Gasteiger partial charge in [-0.25, -0.2) is 4.79 Å². The second kappa shape index (κ2) is 4.41. The van der Waals surface area contributed by atoms with Crippen LogP contribution in [0.25, 0.3) is 0 Å². The summed E-state index contributed by atoms with van der Waals surface area (Å²) in [4.78, 5) is 24.5. The molecule has 0 amide bonds. The fourth-order valence-electron chi connectivity index (χ4n) is 0.899. The van der Waals surface area contributed by atoms with E-state index in [1.807, 2.05) is 19.9 Å². The SMILES string of the molecule is CC(C)=CCn1cc(Br)c(=O)[nH]c1=O. The van der Waals surface area contributed by atoms with Crippen LogP contribution in [0.4, 0.5) is 0 Å². The summed E-state index contributed by atoms with van der Waals surface area (Å²) in [7, 11) is 0. The first kappa shape index (κ1) is 11.0. The van der Waals surface area contributed by atoms with E-state index in [0.717, 1.165) is 5.57 Å². The summed E-state index contributed by atoms with van der Waals surface area (Å²) in [5.41, 5.74) is 0.332. The van der Waals surface area contributed by atoms with Crippen LogP contribution in [0.5, 0.6) is 0 Å². The van der Waals surface area contributed by atoms with Gasteiger partial charge in [0.25, 0.3) is 5.56 Å². The number of hydrogen-bond acceptors (Lipinski definition) is 2. The summed E-state index contributed by atoms with van der Waals surface area (Å²) >= 11 is 3.06. The fourth-order valence-corrected chi connectivity index (χ4v) is 1.25. The molecule has 0 aliphatic rings. The van der Waals surface area contributed by atoms with Gasteiger partial charge in [0.1, 0.15) is 0 Å². The molecular weight excluding hydrogens is 248 g/mol. The van der Waals surface area contributed by atoms with Gasteiger partial charge in [-0.2, -0.15) is 0 Å². The minimum Gasteiger partial charge on any atom is -0.296 e. The van der Waals surface area contributed by atoms with E-state index >= 15 is 0 Å². The van der Waals surface area contributed by atoms with Crippen LogP contribution >= 0.6 is 15.9 Å². The van der Waals surface area contributed by atoms with Crippen molar-refractivity contribution in [3.63, 3.8) is 0 Å². The zero-order chi connectivity index (χ0) is 10.7. The maximum absolute atomic E-state index is 11.3. The summed E-state index contributed by atoms with van der Waals surface area (Å²) in [5, 5.41) is 0. The van der Waals surface area contributed by atoms with Crippen LogP contribution in [-0.4, -0.2) is 9.55 Å². The van der Waals surface area contributed by atoms with Crippen molar-refractivity contribution in [2.24, 2.45) is 0 Å². The highest BCUT2D eigenvalue weighted by Gasteiger charge is 1.99. The van der Waals surface area contributed by atoms with E-state index in [0.29, 0.717) is 11.0 Å². The minimum atomic E-state index is -0.400. The number of rotatable bonds is 2. The Labute approximate surface area is 89.4 Å². The lowest BCUT2D eigenvalue weighted by Crippen LogP contribution is -2.29. The lowest BCUT2D eigenvalue weighted by Gasteiger charge is -2.01.